The Labute approximate surface area is 401 Å². The number of amides is 1. The molecule has 27 atom stereocenters. The number of aliphatic hydroxyl groups excluding tert-OH is 13. The summed E-state index contributed by atoms with van der Waals surface area (Å²) in [6, 6.07) is -1.88. The molecule has 6 aliphatic rings. The molecule has 6 saturated heterocycles. The van der Waals surface area contributed by atoms with Crippen molar-refractivity contribution in [3.8, 4) is 0 Å². The Morgan fingerprint density at radius 1 is 0.577 bits per heavy atom. The van der Waals surface area contributed by atoms with Crippen LogP contribution in [0.25, 0.3) is 0 Å². The lowest BCUT2D eigenvalue weighted by atomic mass is 9.94. The first kappa shape index (κ1) is 58.3. The molecule has 0 aromatic rings. The molecule has 0 bridgehead atoms. The number of fused-ring (bicyclic) bond motifs is 1. The number of carboxylic acids is 1. The van der Waals surface area contributed by atoms with Gasteiger partial charge in [0.1, 0.15) is 122 Å². The predicted octanol–water partition coefficient (Wildman–Crippen LogP) is -10.8. The molecule has 6 rings (SSSR count). The van der Waals surface area contributed by atoms with Crippen LogP contribution in [0.3, 0.4) is 0 Å². The van der Waals surface area contributed by atoms with Crippen molar-refractivity contribution in [2.75, 3.05) is 46.2 Å². The highest BCUT2D eigenvalue weighted by atomic mass is 31.2. The topological polar surface area (TPSA) is 513 Å². The maximum atomic E-state index is 12.9. The third-order valence-corrected chi connectivity index (χ3v) is 13.4. The van der Waals surface area contributed by atoms with Gasteiger partial charge in [0.05, 0.1) is 39.6 Å². The summed E-state index contributed by atoms with van der Waals surface area (Å²) in [5, 5.41) is 152. The van der Waals surface area contributed by atoms with Gasteiger partial charge in [0.25, 0.3) is 5.79 Å². The van der Waals surface area contributed by atoms with Crippen LogP contribution >= 0.6 is 7.82 Å². The van der Waals surface area contributed by atoms with E-state index in [9.17, 15) is 90.5 Å². The first-order valence-electron chi connectivity index (χ1n) is 22.1. The molecule has 1 amide bonds. The van der Waals surface area contributed by atoms with E-state index < -0.39 is 219 Å². The van der Waals surface area contributed by atoms with Crippen LogP contribution in [0.15, 0.2) is 0 Å². The lowest BCUT2D eigenvalue weighted by Gasteiger charge is -2.51. The van der Waals surface area contributed by atoms with Crippen molar-refractivity contribution in [2.24, 2.45) is 5.73 Å². The van der Waals surface area contributed by atoms with Gasteiger partial charge in [-0.1, -0.05) is 0 Å². The minimum atomic E-state index is -5.03. The number of carbonyl (C=O) groups is 2. The maximum absolute atomic E-state index is 12.9. The molecule has 0 radical (unpaired) electrons. The average molecular weight is 1060 g/mol. The van der Waals surface area contributed by atoms with Crippen LogP contribution in [0.5, 0.6) is 0 Å². The number of hydrogen-bond donors (Lipinski definition) is 17. The molecule has 6 aliphatic heterocycles. The van der Waals surface area contributed by atoms with Crippen molar-refractivity contribution < 1.29 is 152 Å². The number of nitrogens with two attached hydrogens (primary N) is 1. The molecule has 412 valence electrons. The zero-order chi connectivity index (χ0) is 52.4. The van der Waals surface area contributed by atoms with Gasteiger partial charge in [-0.2, -0.15) is 0 Å². The van der Waals surface area contributed by atoms with Crippen LogP contribution in [0.1, 0.15) is 13.8 Å². The third kappa shape index (κ3) is 12.7. The van der Waals surface area contributed by atoms with E-state index in [0.29, 0.717) is 0 Å². The molecule has 0 aromatic heterocycles. The number of ether oxygens (including phenoxy) is 11. The van der Waals surface area contributed by atoms with E-state index in [2.05, 4.69) is 5.32 Å². The number of aliphatic carboxylic acids is 1. The molecule has 0 spiro atoms. The number of phosphoric ester groups is 1. The van der Waals surface area contributed by atoms with Crippen LogP contribution in [0.4, 0.5) is 0 Å². The molecular formula is C37H63N2O31P. The number of carbonyl (C=O) groups excluding carboxylic acids is 1. The summed E-state index contributed by atoms with van der Waals surface area (Å²) in [6.45, 7) is -3.90. The van der Waals surface area contributed by atoms with Gasteiger partial charge >= 0.3 is 13.8 Å². The maximum Gasteiger partial charge on any atom is 0.472 e. The molecule has 0 aromatic carbocycles. The molecule has 0 saturated carbocycles. The Bertz CT molecular complexity index is 1790. The molecule has 2 unspecified atom stereocenters. The van der Waals surface area contributed by atoms with Crippen LogP contribution in [0, 0.1) is 0 Å². The highest BCUT2D eigenvalue weighted by Crippen LogP contribution is 2.45. The Kier molecular flexibility index (Phi) is 20.0. The summed E-state index contributed by atoms with van der Waals surface area (Å²) in [4.78, 5) is 35.3. The first-order chi connectivity index (χ1) is 33.4. The SMILES string of the molecule is CC(=O)N[C@H]1[C@@H](O[C@H]2[C@@H](O)[C@@H](COP(=O)(O)OCCN)O[C@@H](O[C@H]3[C@H](O)[C@@H](O)[C@H](O)O[C@@H]3CO)[C@@H]2O[C@@H]2O[C@@H](CO)[C@@H](O)[C@@H](O)[C@@H]2O)O[C@H](CO)[C@H](O)[C@@H]1O[C@@H]1O[C@H](CO)[C@@H]2OC(C)(C(=O)O)O[C@@H]2[C@H]1O. The van der Waals surface area contributed by atoms with Crippen molar-refractivity contribution in [3.05, 3.63) is 0 Å². The van der Waals surface area contributed by atoms with Gasteiger partial charge < -0.3 is 140 Å². The summed E-state index contributed by atoms with van der Waals surface area (Å²) in [5.41, 5.74) is 5.37. The van der Waals surface area contributed by atoms with E-state index in [1.54, 1.807) is 0 Å². The summed E-state index contributed by atoms with van der Waals surface area (Å²) >= 11 is 0. The van der Waals surface area contributed by atoms with Gasteiger partial charge in [-0.25, -0.2) is 9.36 Å². The van der Waals surface area contributed by atoms with E-state index >= 15 is 0 Å². The minimum absolute atomic E-state index is 0.260. The number of rotatable bonds is 20. The molecule has 6 fully saturated rings. The van der Waals surface area contributed by atoms with Gasteiger partial charge in [0, 0.05) is 20.4 Å². The molecule has 34 heteroatoms. The van der Waals surface area contributed by atoms with Crippen LogP contribution in [-0.4, -0.2) is 294 Å². The fourth-order valence-corrected chi connectivity index (χ4v) is 9.40. The summed E-state index contributed by atoms with van der Waals surface area (Å²) in [7, 11) is -5.03. The lowest BCUT2D eigenvalue weighted by Crippen LogP contribution is -2.71. The van der Waals surface area contributed by atoms with Crippen LogP contribution in [0.2, 0.25) is 0 Å². The van der Waals surface area contributed by atoms with Crippen molar-refractivity contribution in [1.29, 1.82) is 0 Å². The number of phosphoric acid groups is 1. The van der Waals surface area contributed by atoms with E-state index in [4.69, 9.17) is 66.9 Å². The van der Waals surface area contributed by atoms with Crippen molar-refractivity contribution in [1.82, 2.24) is 5.32 Å². The predicted molar refractivity (Wildman–Crippen MR) is 216 cm³/mol. The molecule has 18 N–H and O–H groups in total. The smallest absolute Gasteiger partial charge is 0.472 e. The highest BCUT2D eigenvalue weighted by Gasteiger charge is 2.62. The normalized spacial score (nSPS) is 48.1. The second-order valence-corrected chi connectivity index (χ2v) is 18.8. The van der Waals surface area contributed by atoms with E-state index in [1.165, 1.54) is 0 Å². The lowest BCUT2D eigenvalue weighted by molar-refractivity contribution is -0.403. The van der Waals surface area contributed by atoms with E-state index in [-0.39, 0.29) is 6.54 Å². The Hall–Kier alpha value is -1.95. The van der Waals surface area contributed by atoms with E-state index in [1.807, 2.05) is 0 Å². The number of nitrogens with one attached hydrogen (secondary N) is 1. The Balaban J connectivity index is 1.41. The molecule has 6 heterocycles. The standard InChI is InChI=1S/C37H63N2O31P/c1-10(44)39-16-27(66-34-24(52)29-26(14(8-43)63-34)69-37(2,70-29)36(54)55)18(46)12(6-41)61-32(16)67-28-19(47)15(9-59-71(56,57)58-4-3-38)64-35(65-25-13(7-42)60-31(53)22(50)21(25)49)30(28)68-33-23(51)20(48)17(45)11(5-40)62-33/h11-35,40-43,45-53H,3-9,38H2,1-2H3,(H,39,44)(H,54,55)(H,56,57)/t11-,12+,13+,14+,15+,16+,17+,18-,19-,20+,21+,22+,23-,24+,25+,26-,27+,28-,29+,30+,31+,32+,33-,34-,35-,37?/m0/s1. The van der Waals surface area contributed by atoms with Gasteiger partial charge in [0.2, 0.25) is 5.91 Å². The third-order valence-electron chi connectivity index (χ3n) is 12.4. The molecular weight excluding hydrogens is 999 g/mol. The molecule has 71 heavy (non-hydrogen) atoms. The largest absolute Gasteiger partial charge is 0.477 e. The van der Waals surface area contributed by atoms with Crippen LogP contribution in [-0.2, 0) is 75.3 Å². The van der Waals surface area contributed by atoms with Crippen molar-refractivity contribution >= 4 is 19.7 Å². The van der Waals surface area contributed by atoms with Crippen LogP contribution < -0.4 is 11.1 Å². The first-order valence-corrected chi connectivity index (χ1v) is 23.6. The number of hydrogen-bond acceptors (Lipinski definition) is 30. The monoisotopic (exact) mass is 1060 g/mol. The highest BCUT2D eigenvalue weighted by molar-refractivity contribution is 7.47. The molecule has 33 nitrogen and oxygen atoms in total. The quantitative estimate of drug-likeness (QED) is 0.0503. The zero-order valence-corrected chi connectivity index (χ0v) is 38.5. The van der Waals surface area contributed by atoms with E-state index in [0.717, 1.165) is 13.8 Å². The second kappa shape index (κ2) is 24.4. The molecule has 0 aliphatic carbocycles. The fraction of sp³-hybridized carbons (Fsp3) is 0.946. The fourth-order valence-electron chi connectivity index (χ4n) is 8.66. The Morgan fingerprint density at radius 3 is 1.70 bits per heavy atom. The minimum Gasteiger partial charge on any atom is -0.477 e. The van der Waals surface area contributed by atoms with Gasteiger partial charge in [0.15, 0.2) is 31.5 Å². The van der Waals surface area contributed by atoms with Gasteiger partial charge in [-0.05, 0) is 0 Å². The summed E-state index contributed by atoms with van der Waals surface area (Å²) in [6.07, 6.45) is -47.5. The Morgan fingerprint density at radius 2 is 1.10 bits per heavy atom. The number of aliphatic hydroxyl groups is 13. The number of carboxylic acid groups (broad SMARTS) is 1. The summed E-state index contributed by atoms with van der Waals surface area (Å²) in [5.74, 6) is -4.88. The van der Waals surface area contributed by atoms with Gasteiger partial charge in [-0.15, -0.1) is 0 Å². The summed E-state index contributed by atoms with van der Waals surface area (Å²) < 4.78 is 86.3. The average Bonchev–Trinajstić information content (AvgIpc) is 3.71. The van der Waals surface area contributed by atoms with Crippen molar-refractivity contribution in [3.63, 3.8) is 0 Å². The van der Waals surface area contributed by atoms with Crippen molar-refractivity contribution in [2.45, 2.75) is 173 Å². The zero-order valence-electron chi connectivity index (χ0n) is 37.6. The van der Waals surface area contributed by atoms with Gasteiger partial charge in [-0.3, -0.25) is 13.8 Å². The second-order valence-electron chi connectivity index (χ2n) is 17.3.